The molecular formula is C11H20O2Si. The second-order valence-corrected chi connectivity index (χ2v) is 8.31. The Labute approximate surface area is 87.2 Å². The molecule has 2 aliphatic carbocycles. The summed E-state index contributed by atoms with van der Waals surface area (Å²) in [6.45, 7) is 4.40. The minimum Gasteiger partial charge on any atom is -0.411 e. The molecule has 2 bridgehead atoms. The van der Waals surface area contributed by atoms with Crippen LogP contribution in [0.2, 0.25) is 13.1 Å². The van der Waals surface area contributed by atoms with Crippen LogP contribution in [-0.4, -0.2) is 20.0 Å². The summed E-state index contributed by atoms with van der Waals surface area (Å²) in [5.41, 5.74) is 0. The van der Waals surface area contributed by atoms with E-state index in [-0.39, 0.29) is 0 Å². The average molecular weight is 212 g/mol. The summed E-state index contributed by atoms with van der Waals surface area (Å²) >= 11 is 0. The Balaban J connectivity index is 1.70. The maximum atomic E-state index is 9.53. The fourth-order valence-electron chi connectivity index (χ4n) is 2.69. The molecule has 0 heterocycles. The lowest BCUT2D eigenvalue weighted by molar-refractivity contribution is 0.211. The van der Waals surface area contributed by atoms with Gasteiger partial charge in [0.1, 0.15) is 0 Å². The highest BCUT2D eigenvalue weighted by molar-refractivity contribution is 6.63. The molecule has 0 radical (unpaired) electrons. The Hall–Kier alpha value is -0.123. The van der Waals surface area contributed by atoms with E-state index in [1.807, 2.05) is 13.1 Å². The van der Waals surface area contributed by atoms with Gasteiger partial charge in [-0.05, 0) is 50.1 Å². The quantitative estimate of drug-likeness (QED) is 0.572. The van der Waals surface area contributed by atoms with E-state index in [9.17, 15) is 4.80 Å². The lowest BCUT2D eigenvalue weighted by Crippen LogP contribution is -2.31. The van der Waals surface area contributed by atoms with E-state index in [0.29, 0.717) is 0 Å². The standard InChI is InChI=1S/C11H20O2Si/c1-14(2,12)13-6-5-11-8-9-3-4-10(11)7-9/h3-4,9-12H,5-8H2,1-2H3. The fourth-order valence-corrected chi connectivity index (χ4v) is 3.30. The molecule has 0 aromatic rings. The van der Waals surface area contributed by atoms with Crippen LogP contribution in [-0.2, 0) is 4.43 Å². The molecule has 1 N–H and O–H groups in total. The van der Waals surface area contributed by atoms with E-state index in [1.165, 1.54) is 12.8 Å². The molecule has 3 heteroatoms. The van der Waals surface area contributed by atoms with Crippen LogP contribution >= 0.6 is 0 Å². The SMILES string of the molecule is C[Si](C)(O)OCCC1CC2C=CC1C2. The van der Waals surface area contributed by atoms with Gasteiger partial charge in [0.15, 0.2) is 0 Å². The highest BCUT2D eigenvalue weighted by Gasteiger charge is 2.35. The van der Waals surface area contributed by atoms with Gasteiger partial charge >= 0.3 is 8.56 Å². The van der Waals surface area contributed by atoms with Gasteiger partial charge in [0.2, 0.25) is 0 Å². The molecule has 2 rings (SSSR count). The first-order valence-electron chi connectivity index (χ1n) is 5.59. The van der Waals surface area contributed by atoms with E-state index in [1.54, 1.807) is 0 Å². The van der Waals surface area contributed by atoms with Crippen LogP contribution in [0.25, 0.3) is 0 Å². The van der Waals surface area contributed by atoms with Crippen LogP contribution in [0.4, 0.5) is 0 Å². The molecule has 3 atom stereocenters. The zero-order valence-electron chi connectivity index (χ0n) is 9.07. The van der Waals surface area contributed by atoms with Gasteiger partial charge in [-0.25, -0.2) is 0 Å². The predicted molar refractivity (Wildman–Crippen MR) is 59.1 cm³/mol. The van der Waals surface area contributed by atoms with Gasteiger partial charge in [0.25, 0.3) is 0 Å². The largest absolute Gasteiger partial charge is 0.411 e. The molecule has 0 spiro atoms. The fraction of sp³-hybridized carbons (Fsp3) is 0.818. The Kier molecular flexibility index (Phi) is 2.82. The van der Waals surface area contributed by atoms with E-state index in [4.69, 9.17) is 4.43 Å². The number of fused-ring (bicyclic) bond motifs is 2. The minimum atomic E-state index is -2.27. The first-order chi connectivity index (χ1) is 6.54. The zero-order chi connectivity index (χ0) is 10.2. The molecule has 0 aromatic carbocycles. The van der Waals surface area contributed by atoms with Crippen LogP contribution in [0, 0.1) is 17.8 Å². The first-order valence-corrected chi connectivity index (χ1v) is 8.45. The third kappa shape index (κ3) is 2.46. The van der Waals surface area contributed by atoms with Gasteiger partial charge < -0.3 is 9.22 Å². The molecule has 0 aliphatic heterocycles. The monoisotopic (exact) mass is 212 g/mol. The van der Waals surface area contributed by atoms with Crippen molar-refractivity contribution >= 4 is 8.56 Å². The normalized spacial score (nSPS) is 35.5. The second kappa shape index (κ2) is 3.80. The number of hydrogen-bond acceptors (Lipinski definition) is 2. The van der Waals surface area contributed by atoms with Crippen molar-refractivity contribution in [1.29, 1.82) is 0 Å². The van der Waals surface area contributed by atoms with Gasteiger partial charge in [-0.15, -0.1) is 0 Å². The van der Waals surface area contributed by atoms with Crippen LogP contribution < -0.4 is 0 Å². The molecular weight excluding hydrogens is 192 g/mol. The van der Waals surface area contributed by atoms with Crippen molar-refractivity contribution in [3.8, 4) is 0 Å². The Morgan fingerprint density at radius 3 is 2.64 bits per heavy atom. The summed E-state index contributed by atoms with van der Waals surface area (Å²) in [4.78, 5) is 9.53. The topological polar surface area (TPSA) is 29.5 Å². The maximum absolute atomic E-state index is 9.53. The van der Waals surface area contributed by atoms with Gasteiger partial charge in [0, 0.05) is 6.61 Å². The lowest BCUT2D eigenvalue weighted by Gasteiger charge is -2.20. The Bertz CT molecular complexity index is 232. The van der Waals surface area contributed by atoms with Crippen molar-refractivity contribution in [3.05, 3.63) is 12.2 Å². The molecule has 0 saturated heterocycles. The maximum Gasteiger partial charge on any atom is 0.329 e. The van der Waals surface area contributed by atoms with Crippen molar-refractivity contribution in [1.82, 2.24) is 0 Å². The molecule has 80 valence electrons. The predicted octanol–water partition coefficient (Wildman–Crippen LogP) is 2.30. The zero-order valence-corrected chi connectivity index (χ0v) is 10.1. The van der Waals surface area contributed by atoms with Crippen LogP contribution in [0.15, 0.2) is 12.2 Å². The molecule has 2 aliphatic rings. The Morgan fingerprint density at radius 1 is 1.36 bits per heavy atom. The third-order valence-corrected chi connectivity index (χ3v) is 4.27. The molecule has 1 fully saturated rings. The lowest BCUT2D eigenvalue weighted by atomic mass is 9.91. The number of hydrogen-bond donors (Lipinski definition) is 1. The Morgan fingerprint density at radius 2 is 2.14 bits per heavy atom. The van der Waals surface area contributed by atoms with Gasteiger partial charge in [-0.3, -0.25) is 0 Å². The van der Waals surface area contributed by atoms with Gasteiger partial charge in [-0.1, -0.05) is 12.2 Å². The van der Waals surface area contributed by atoms with E-state index >= 15 is 0 Å². The summed E-state index contributed by atoms with van der Waals surface area (Å²) in [5, 5.41) is 0. The van der Waals surface area contributed by atoms with Crippen LogP contribution in [0.3, 0.4) is 0 Å². The average Bonchev–Trinajstić information content (AvgIpc) is 2.62. The van der Waals surface area contributed by atoms with Crippen molar-refractivity contribution in [2.24, 2.45) is 17.8 Å². The third-order valence-electron chi connectivity index (χ3n) is 3.36. The molecule has 0 aromatic heterocycles. The van der Waals surface area contributed by atoms with E-state index in [2.05, 4.69) is 12.2 Å². The van der Waals surface area contributed by atoms with Crippen molar-refractivity contribution in [2.75, 3.05) is 6.61 Å². The second-order valence-electron chi connectivity index (χ2n) is 5.12. The van der Waals surface area contributed by atoms with Crippen molar-refractivity contribution in [3.63, 3.8) is 0 Å². The van der Waals surface area contributed by atoms with Gasteiger partial charge in [-0.2, -0.15) is 0 Å². The highest BCUT2D eigenvalue weighted by atomic mass is 28.4. The highest BCUT2D eigenvalue weighted by Crippen LogP contribution is 2.44. The summed E-state index contributed by atoms with van der Waals surface area (Å²) in [6.07, 6.45) is 8.58. The summed E-state index contributed by atoms with van der Waals surface area (Å²) in [7, 11) is -2.27. The smallest absolute Gasteiger partial charge is 0.329 e. The molecule has 2 nitrogen and oxygen atoms in total. The molecule has 3 unspecified atom stereocenters. The summed E-state index contributed by atoms with van der Waals surface area (Å²) in [5.74, 6) is 2.48. The van der Waals surface area contributed by atoms with E-state index < -0.39 is 8.56 Å². The molecule has 1 saturated carbocycles. The first kappa shape index (κ1) is 10.4. The van der Waals surface area contributed by atoms with Crippen LogP contribution in [0.1, 0.15) is 19.3 Å². The van der Waals surface area contributed by atoms with Gasteiger partial charge in [0.05, 0.1) is 0 Å². The van der Waals surface area contributed by atoms with E-state index in [0.717, 1.165) is 30.8 Å². The summed E-state index contributed by atoms with van der Waals surface area (Å²) < 4.78 is 5.47. The number of allylic oxidation sites excluding steroid dienone is 2. The number of rotatable bonds is 4. The molecule has 0 amide bonds. The van der Waals surface area contributed by atoms with Crippen LogP contribution in [0.5, 0.6) is 0 Å². The van der Waals surface area contributed by atoms with Crippen molar-refractivity contribution in [2.45, 2.75) is 32.4 Å². The van der Waals surface area contributed by atoms with Crippen molar-refractivity contribution < 1.29 is 9.22 Å². The summed E-state index contributed by atoms with van der Waals surface area (Å²) in [6, 6.07) is 0. The molecule has 14 heavy (non-hydrogen) atoms. The minimum absolute atomic E-state index is 0.747.